The molecule has 1 fully saturated rings. The van der Waals surface area contributed by atoms with E-state index in [1.54, 1.807) is 0 Å². The summed E-state index contributed by atoms with van der Waals surface area (Å²) in [4.78, 5) is 11.4. The van der Waals surface area contributed by atoms with E-state index in [9.17, 15) is 4.79 Å². The van der Waals surface area contributed by atoms with Crippen LogP contribution in [0.2, 0.25) is 0 Å². The average Bonchev–Trinajstić information content (AvgIpc) is 2.30. The first-order chi connectivity index (χ1) is 5.57. The Kier molecular flexibility index (Phi) is 2.45. The molecule has 1 amide bonds. The van der Waals surface area contributed by atoms with Crippen LogP contribution in [0.1, 0.15) is 40.5 Å². The molecule has 0 aromatic rings. The van der Waals surface area contributed by atoms with E-state index in [0.717, 1.165) is 12.8 Å². The SMILES string of the molecule is CCC1(CC)NC(=O)[C@@H](C)[C@H]1C. The molecule has 1 saturated heterocycles. The van der Waals surface area contributed by atoms with Gasteiger partial charge >= 0.3 is 0 Å². The number of hydrogen-bond donors (Lipinski definition) is 1. The van der Waals surface area contributed by atoms with E-state index in [1.165, 1.54) is 0 Å². The zero-order valence-corrected chi connectivity index (χ0v) is 8.48. The number of nitrogens with one attached hydrogen (secondary N) is 1. The standard InChI is InChI=1S/C10H19NO/c1-5-10(6-2)8(4)7(3)9(12)11-10/h7-8H,5-6H2,1-4H3,(H,11,12)/t7-,8+/m0/s1. The minimum atomic E-state index is 0.0799. The summed E-state index contributed by atoms with van der Waals surface area (Å²) in [5.74, 6) is 0.885. The normalized spacial score (nSPS) is 33.5. The summed E-state index contributed by atoms with van der Waals surface area (Å²) >= 11 is 0. The number of hydrogen-bond acceptors (Lipinski definition) is 1. The molecule has 2 heteroatoms. The van der Waals surface area contributed by atoms with Crippen LogP contribution >= 0.6 is 0 Å². The van der Waals surface area contributed by atoms with Crippen molar-refractivity contribution in [2.75, 3.05) is 0 Å². The van der Waals surface area contributed by atoms with Gasteiger partial charge in [-0.2, -0.15) is 0 Å². The maximum Gasteiger partial charge on any atom is 0.223 e. The molecule has 70 valence electrons. The van der Waals surface area contributed by atoms with E-state index in [0.29, 0.717) is 5.92 Å². The first-order valence-corrected chi connectivity index (χ1v) is 4.89. The predicted octanol–water partition coefficient (Wildman–Crippen LogP) is 1.95. The summed E-state index contributed by atoms with van der Waals surface area (Å²) in [5, 5.41) is 3.13. The smallest absolute Gasteiger partial charge is 0.223 e. The van der Waals surface area contributed by atoms with Gasteiger partial charge in [-0.25, -0.2) is 0 Å². The van der Waals surface area contributed by atoms with E-state index in [1.807, 2.05) is 6.92 Å². The molecule has 1 N–H and O–H groups in total. The highest BCUT2D eigenvalue weighted by molar-refractivity contribution is 5.82. The fourth-order valence-electron chi connectivity index (χ4n) is 2.25. The van der Waals surface area contributed by atoms with Crippen LogP contribution in [0.25, 0.3) is 0 Å². The van der Waals surface area contributed by atoms with Crippen LogP contribution < -0.4 is 5.32 Å². The lowest BCUT2D eigenvalue weighted by atomic mass is 9.78. The summed E-state index contributed by atoms with van der Waals surface area (Å²) in [6.07, 6.45) is 2.08. The summed E-state index contributed by atoms with van der Waals surface area (Å²) < 4.78 is 0. The molecular weight excluding hydrogens is 150 g/mol. The highest BCUT2D eigenvalue weighted by Gasteiger charge is 2.45. The quantitative estimate of drug-likeness (QED) is 0.672. The molecule has 0 aliphatic carbocycles. The van der Waals surface area contributed by atoms with Crippen molar-refractivity contribution in [2.24, 2.45) is 11.8 Å². The summed E-state index contributed by atoms with van der Waals surface area (Å²) in [6.45, 7) is 8.50. The number of carbonyl (C=O) groups excluding carboxylic acids is 1. The van der Waals surface area contributed by atoms with E-state index in [2.05, 4.69) is 26.1 Å². The molecule has 1 heterocycles. The van der Waals surface area contributed by atoms with Crippen molar-refractivity contribution < 1.29 is 4.79 Å². The minimum Gasteiger partial charge on any atom is -0.350 e. The Hall–Kier alpha value is -0.530. The molecule has 0 spiro atoms. The van der Waals surface area contributed by atoms with E-state index >= 15 is 0 Å². The molecule has 0 unspecified atom stereocenters. The highest BCUT2D eigenvalue weighted by Crippen LogP contribution is 2.36. The zero-order valence-electron chi connectivity index (χ0n) is 8.48. The third-order valence-corrected chi connectivity index (χ3v) is 3.67. The van der Waals surface area contributed by atoms with Crippen molar-refractivity contribution in [3.8, 4) is 0 Å². The van der Waals surface area contributed by atoms with Crippen molar-refractivity contribution in [3.63, 3.8) is 0 Å². The Morgan fingerprint density at radius 1 is 1.33 bits per heavy atom. The molecule has 12 heavy (non-hydrogen) atoms. The van der Waals surface area contributed by atoms with E-state index < -0.39 is 0 Å². The van der Waals surface area contributed by atoms with Crippen LogP contribution in [0.5, 0.6) is 0 Å². The molecule has 0 bridgehead atoms. The van der Waals surface area contributed by atoms with Gasteiger partial charge in [-0.3, -0.25) is 4.79 Å². The Balaban J connectivity index is 2.86. The lowest BCUT2D eigenvalue weighted by Gasteiger charge is -2.31. The molecule has 1 aliphatic heterocycles. The number of carbonyl (C=O) groups is 1. The first-order valence-electron chi connectivity index (χ1n) is 4.89. The molecule has 0 aromatic carbocycles. The number of amides is 1. The van der Waals surface area contributed by atoms with Crippen LogP contribution in [0.3, 0.4) is 0 Å². The molecule has 0 saturated carbocycles. The minimum absolute atomic E-state index is 0.0799. The topological polar surface area (TPSA) is 29.1 Å². The summed E-state index contributed by atoms with van der Waals surface area (Å²) in [5.41, 5.74) is 0.0799. The van der Waals surface area contributed by atoms with Crippen LogP contribution in [-0.2, 0) is 4.79 Å². The van der Waals surface area contributed by atoms with Gasteiger partial charge in [0.15, 0.2) is 0 Å². The first kappa shape index (κ1) is 9.56. The molecule has 2 atom stereocenters. The van der Waals surface area contributed by atoms with Crippen LogP contribution in [0.15, 0.2) is 0 Å². The van der Waals surface area contributed by atoms with Crippen LogP contribution in [0, 0.1) is 11.8 Å². The Morgan fingerprint density at radius 2 is 1.83 bits per heavy atom. The Morgan fingerprint density at radius 3 is 2.00 bits per heavy atom. The van der Waals surface area contributed by atoms with Gasteiger partial charge in [0, 0.05) is 11.5 Å². The largest absolute Gasteiger partial charge is 0.350 e. The third kappa shape index (κ3) is 1.13. The molecular formula is C10H19NO. The molecule has 2 nitrogen and oxygen atoms in total. The van der Waals surface area contributed by atoms with Crippen molar-refractivity contribution >= 4 is 5.91 Å². The monoisotopic (exact) mass is 169 g/mol. The van der Waals surface area contributed by atoms with Gasteiger partial charge in [-0.15, -0.1) is 0 Å². The maximum absolute atomic E-state index is 11.4. The molecule has 1 aliphatic rings. The van der Waals surface area contributed by atoms with Gasteiger partial charge in [0.2, 0.25) is 5.91 Å². The predicted molar refractivity (Wildman–Crippen MR) is 49.8 cm³/mol. The van der Waals surface area contributed by atoms with Crippen molar-refractivity contribution in [3.05, 3.63) is 0 Å². The van der Waals surface area contributed by atoms with Gasteiger partial charge in [-0.1, -0.05) is 27.7 Å². The van der Waals surface area contributed by atoms with Gasteiger partial charge < -0.3 is 5.32 Å². The van der Waals surface area contributed by atoms with Gasteiger partial charge in [0.05, 0.1) is 0 Å². The fraction of sp³-hybridized carbons (Fsp3) is 0.900. The summed E-state index contributed by atoms with van der Waals surface area (Å²) in [7, 11) is 0. The average molecular weight is 169 g/mol. The second-order valence-corrected chi connectivity index (χ2v) is 3.93. The van der Waals surface area contributed by atoms with Crippen molar-refractivity contribution in [2.45, 2.75) is 46.1 Å². The van der Waals surface area contributed by atoms with Crippen molar-refractivity contribution in [1.29, 1.82) is 0 Å². The second-order valence-electron chi connectivity index (χ2n) is 3.93. The third-order valence-electron chi connectivity index (χ3n) is 3.67. The zero-order chi connectivity index (χ0) is 9.35. The Bertz CT molecular complexity index is 184. The fourth-order valence-corrected chi connectivity index (χ4v) is 2.25. The summed E-state index contributed by atoms with van der Waals surface area (Å²) in [6, 6.07) is 0. The van der Waals surface area contributed by atoms with Gasteiger partial charge in [0.1, 0.15) is 0 Å². The van der Waals surface area contributed by atoms with Crippen LogP contribution in [0.4, 0.5) is 0 Å². The molecule has 1 rings (SSSR count). The van der Waals surface area contributed by atoms with Crippen LogP contribution in [-0.4, -0.2) is 11.4 Å². The van der Waals surface area contributed by atoms with Crippen molar-refractivity contribution in [1.82, 2.24) is 5.32 Å². The molecule has 0 aromatic heterocycles. The lowest BCUT2D eigenvalue weighted by Crippen LogP contribution is -2.43. The van der Waals surface area contributed by atoms with Gasteiger partial charge in [-0.05, 0) is 18.8 Å². The number of rotatable bonds is 2. The maximum atomic E-state index is 11.4. The highest BCUT2D eigenvalue weighted by atomic mass is 16.2. The van der Waals surface area contributed by atoms with Gasteiger partial charge in [0.25, 0.3) is 0 Å². The van der Waals surface area contributed by atoms with E-state index in [-0.39, 0.29) is 17.4 Å². The molecule has 0 radical (unpaired) electrons. The van der Waals surface area contributed by atoms with E-state index in [4.69, 9.17) is 0 Å². The lowest BCUT2D eigenvalue weighted by molar-refractivity contribution is -0.122. The Labute approximate surface area is 74.7 Å². The second kappa shape index (κ2) is 3.08.